The number of aryl methyl sites for hydroxylation is 1. The Hall–Kier alpha value is -1.80. The van der Waals surface area contributed by atoms with Crippen LogP contribution in [0.3, 0.4) is 0 Å². The van der Waals surface area contributed by atoms with Crippen LogP contribution in [0.15, 0.2) is 33.7 Å². The van der Waals surface area contributed by atoms with Gasteiger partial charge in [-0.1, -0.05) is 0 Å². The summed E-state index contributed by atoms with van der Waals surface area (Å²) in [6.45, 7) is 1.20. The van der Waals surface area contributed by atoms with Crippen LogP contribution < -0.4 is 10.3 Å². The van der Waals surface area contributed by atoms with E-state index in [0.29, 0.717) is 6.54 Å². The normalized spacial score (nSPS) is 11.1. The summed E-state index contributed by atoms with van der Waals surface area (Å²) >= 11 is 3.19. The number of halogens is 3. The zero-order valence-electron chi connectivity index (χ0n) is 13.4. The minimum Gasteiger partial charge on any atom is -0.486 e. The molecule has 0 fully saturated rings. The number of benzene rings is 1. The molecule has 0 saturated heterocycles. The first-order valence-electron chi connectivity index (χ1n) is 7.35. The van der Waals surface area contributed by atoms with Gasteiger partial charge in [0.15, 0.2) is 5.75 Å². The van der Waals surface area contributed by atoms with E-state index < -0.39 is 11.6 Å². The molecule has 0 saturated carbocycles. The van der Waals surface area contributed by atoms with Crippen LogP contribution in [0.4, 0.5) is 8.78 Å². The molecular weight excluding hydrogens is 384 g/mol. The molecule has 2 aromatic rings. The molecule has 24 heavy (non-hydrogen) atoms. The molecule has 0 N–H and O–H groups in total. The highest BCUT2D eigenvalue weighted by Gasteiger charge is 2.11. The van der Waals surface area contributed by atoms with E-state index in [2.05, 4.69) is 21.0 Å². The Labute approximate surface area is 147 Å². The lowest BCUT2D eigenvalue weighted by Gasteiger charge is -2.12. The Morgan fingerprint density at radius 2 is 2.08 bits per heavy atom. The molecule has 0 bridgehead atoms. The minimum atomic E-state index is -0.698. The van der Waals surface area contributed by atoms with Crippen LogP contribution in [-0.2, 0) is 13.2 Å². The maximum atomic E-state index is 13.6. The van der Waals surface area contributed by atoms with Crippen molar-refractivity contribution in [2.24, 2.45) is 0 Å². The molecule has 8 heteroatoms. The highest BCUT2D eigenvalue weighted by atomic mass is 79.9. The molecule has 0 aliphatic heterocycles. The van der Waals surface area contributed by atoms with Crippen molar-refractivity contribution in [3.63, 3.8) is 0 Å². The third kappa shape index (κ3) is 4.85. The molecule has 1 heterocycles. The fourth-order valence-electron chi connectivity index (χ4n) is 2.04. The summed E-state index contributed by atoms with van der Waals surface area (Å²) in [5, 5.41) is 4.06. The summed E-state index contributed by atoms with van der Waals surface area (Å²) in [6, 6.07) is 3.24. The monoisotopic (exact) mass is 401 g/mol. The zero-order chi connectivity index (χ0) is 17.7. The zero-order valence-corrected chi connectivity index (χ0v) is 15.0. The maximum absolute atomic E-state index is 13.6. The van der Waals surface area contributed by atoms with Crippen molar-refractivity contribution in [3.8, 4) is 5.75 Å². The Balaban J connectivity index is 2.06. The Kier molecular flexibility index (Phi) is 6.44. The SMILES string of the molecule is CN(C)CCCn1ncc(OCc2ccc(F)cc2F)c(Br)c1=O. The van der Waals surface area contributed by atoms with E-state index in [-0.39, 0.29) is 28.0 Å². The van der Waals surface area contributed by atoms with Gasteiger partial charge in [0, 0.05) is 18.2 Å². The summed E-state index contributed by atoms with van der Waals surface area (Å²) in [6.07, 6.45) is 2.19. The standard InChI is InChI=1S/C16H18BrF2N3O2/c1-21(2)6-3-7-22-16(23)15(17)14(9-20-22)24-10-11-4-5-12(18)8-13(11)19/h4-5,8-9H,3,6-7,10H2,1-2H3. The van der Waals surface area contributed by atoms with Crippen LogP contribution in [0, 0.1) is 11.6 Å². The van der Waals surface area contributed by atoms with Gasteiger partial charge in [-0.05, 0) is 55.1 Å². The van der Waals surface area contributed by atoms with Crippen LogP contribution in [0.1, 0.15) is 12.0 Å². The van der Waals surface area contributed by atoms with E-state index in [4.69, 9.17) is 4.74 Å². The van der Waals surface area contributed by atoms with Gasteiger partial charge < -0.3 is 9.64 Å². The molecule has 2 rings (SSSR count). The Bertz CT molecular complexity index is 765. The average Bonchev–Trinajstić information content (AvgIpc) is 2.52. The van der Waals surface area contributed by atoms with E-state index in [9.17, 15) is 13.6 Å². The second kappa shape index (κ2) is 8.34. The van der Waals surface area contributed by atoms with Crippen LogP contribution >= 0.6 is 15.9 Å². The smallest absolute Gasteiger partial charge is 0.284 e. The summed E-state index contributed by atoms with van der Waals surface area (Å²) in [5.41, 5.74) is -0.121. The molecule has 0 aliphatic carbocycles. The van der Waals surface area contributed by atoms with Crippen molar-refractivity contribution in [1.82, 2.24) is 14.7 Å². The van der Waals surface area contributed by atoms with E-state index in [0.717, 1.165) is 25.1 Å². The Morgan fingerprint density at radius 3 is 2.75 bits per heavy atom. The quantitative estimate of drug-likeness (QED) is 0.715. The number of rotatable bonds is 7. The second-order valence-corrected chi connectivity index (χ2v) is 6.33. The molecule has 1 aromatic heterocycles. The van der Waals surface area contributed by atoms with Crippen molar-refractivity contribution in [1.29, 1.82) is 0 Å². The van der Waals surface area contributed by atoms with Gasteiger partial charge in [-0.3, -0.25) is 4.79 Å². The van der Waals surface area contributed by atoms with Crippen molar-refractivity contribution < 1.29 is 13.5 Å². The highest BCUT2D eigenvalue weighted by molar-refractivity contribution is 9.10. The molecule has 130 valence electrons. The third-order valence-electron chi connectivity index (χ3n) is 3.33. The van der Waals surface area contributed by atoms with Gasteiger partial charge in [0.1, 0.15) is 22.7 Å². The van der Waals surface area contributed by atoms with Crippen molar-refractivity contribution in [3.05, 3.63) is 56.4 Å². The van der Waals surface area contributed by atoms with Gasteiger partial charge in [-0.15, -0.1) is 0 Å². The van der Waals surface area contributed by atoms with Crippen molar-refractivity contribution in [2.75, 3.05) is 20.6 Å². The van der Waals surface area contributed by atoms with Gasteiger partial charge >= 0.3 is 0 Å². The molecule has 0 spiro atoms. The molecule has 5 nitrogen and oxygen atoms in total. The van der Waals surface area contributed by atoms with E-state index in [1.165, 1.54) is 16.9 Å². The largest absolute Gasteiger partial charge is 0.486 e. The molecule has 0 aliphatic rings. The van der Waals surface area contributed by atoms with Gasteiger partial charge in [-0.2, -0.15) is 5.10 Å². The molecule has 1 aromatic carbocycles. The number of aromatic nitrogens is 2. The van der Waals surface area contributed by atoms with Gasteiger partial charge in [-0.25, -0.2) is 13.5 Å². The lowest BCUT2D eigenvalue weighted by atomic mass is 10.2. The predicted molar refractivity (Wildman–Crippen MR) is 90.1 cm³/mol. The average molecular weight is 402 g/mol. The van der Waals surface area contributed by atoms with Crippen LogP contribution in [-0.4, -0.2) is 35.3 Å². The number of nitrogens with zero attached hydrogens (tertiary/aromatic N) is 3. The van der Waals surface area contributed by atoms with E-state index in [1.807, 2.05) is 19.0 Å². The lowest BCUT2D eigenvalue weighted by Crippen LogP contribution is -2.26. The van der Waals surface area contributed by atoms with Crippen LogP contribution in [0.5, 0.6) is 5.75 Å². The fraction of sp³-hybridized carbons (Fsp3) is 0.375. The molecule has 0 amide bonds. The fourth-order valence-corrected chi connectivity index (χ4v) is 2.46. The van der Waals surface area contributed by atoms with Gasteiger partial charge in [0.25, 0.3) is 5.56 Å². The third-order valence-corrected chi connectivity index (χ3v) is 4.06. The second-order valence-electron chi connectivity index (χ2n) is 5.53. The van der Waals surface area contributed by atoms with Crippen molar-refractivity contribution in [2.45, 2.75) is 19.6 Å². The van der Waals surface area contributed by atoms with Crippen LogP contribution in [0.2, 0.25) is 0 Å². The van der Waals surface area contributed by atoms with Crippen molar-refractivity contribution >= 4 is 15.9 Å². The minimum absolute atomic E-state index is 0.128. The number of ether oxygens (including phenoxy) is 1. The summed E-state index contributed by atoms with van der Waals surface area (Å²) in [4.78, 5) is 14.2. The molecule has 0 unspecified atom stereocenters. The van der Waals surface area contributed by atoms with Gasteiger partial charge in [0.2, 0.25) is 0 Å². The summed E-state index contributed by atoms with van der Waals surface area (Å²) < 4.78 is 33.5. The number of hydrogen-bond donors (Lipinski definition) is 0. The van der Waals surface area contributed by atoms with Crippen LogP contribution in [0.25, 0.3) is 0 Å². The first kappa shape index (κ1) is 18.5. The molecule has 0 atom stereocenters. The van der Waals surface area contributed by atoms with E-state index in [1.54, 1.807) is 0 Å². The maximum Gasteiger partial charge on any atom is 0.284 e. The summed E-state index contributed by atoms with van der Waals surface area (Å²) in [7, 11) is 3.91. The first-order chi connectivity index (χ1) is 11.4. The lowest BCUT2D eigenvalue weighted by molar-refractivity contribution is 0.292. The molecule has 0 radical (unpaired) electrons. The van der Waals surface area contributed by atoms with Gasteiger partial charge in [0.05, 0.1) is 6.20 Å². The highest BCUT2D eigenvalue weighted by Crippen LogP contribution is 2.21. The Morgan fingerprint density at radius 1 is 1.33 bits per heavy atom. The predicted octanol–water partition coefficient (Wildman–Crippen LogP) is 2.81. The molecular formula is C16H18BrF2N3O2. The topological polar surface area (TPSA) is 47.4 Å². The summed E-state index contributed by atoms with van der Waals surface area (Å²) in [5.74, 6) is -1.14. The first-order valence-corrected chi connectivity index (χ1v) is 8.15. The number of hydrogen-bond acceptors (Lipinski definition) is 4. The van der Waals surface area contributed by atoms with E-state index >= 15 is 0 Å².